The first-order valence-corrected chi connectivity index (χ1v) is 10.3. The number of nitrogens with one attached hydrogen (secondary N) is 4. The molecule has 0 bridgehead atoms. The number of Topliss-reactive ketones (excluding diaryl/α,β-unsaturated/α-hetero) is 1. The summed E-state index contributed by atoms with van der Waals surface area (Å²) >= 11 is 1.25. The minimum absolute atomic E-state index is 0.000264. The van der Waals surface area contributed by atoms with E-state index < -0.39 is 17.5 Å². The van der Waals surface area contributed by atoms with Gasteiger partial charge in [0.15, 0.2) is 0 Å². The van der Waals surface area contributed by atoms with Crippen LogP contribution in [-0.4, -0.2) is 53.0 Å². The number of aromatic nitrogens is 2. The molecular weight excluding hydrogens is 406 g/mol. The molecule has 0 spiro atoms. The summed E-state index contributed by atoms with van der Waals surface area (Å²) in [5, 5.41) is 14.2. The monoisotopic (exact) mass is 427 g/mol. The van der Waals surface area contributed by atoms with Crippen LogP contribution < -0.4 is 16.0 Å². The van der Waals surface area contributed by atoms with Gasteiger partial charge in [-0.1, -0.05) is 18.2 Å². The zero-order valence-electron chi connectivity index (χ0n) is 16.3. The van der Waals surface area contributed by atoms with Crippen molar-refractivity contribution in [3.63, 3.8) is 0 Å². The number of carbonyl (C=O) groups excluding carboxylic acids is 4. The van der Waals surface area contributed by atoms with E-state index in [-0.39, 0.29) is 27.9 Å². The number of allylic oxidation sites excluding steroid dienone is 2. The van der Waals surface area contributed by atoms with E-state index >= 15 is 0 Å². The van der Waals surface area contributed by atoms with E-state index in [1.165, 1.54) is 17.8 Å². The first-order chi connectivity index (χ1) is 14.5. The molecule has 0 fully saturated rings. The van der Waals surface area contributed by atoms with Crippen molar-refractivity contribution in [2.24, 2.45) is 0 Å². The van der Waals surface area contributed by atoms with Crippen molar-refractivity contribution in [3.8, 4) is 0 Å². The van der Waals surface area contributed by atoms with Crippen LogP contribution in [0, 0.1) is 0 Å². The van der Waals surface area contributed by atoms with Gasteiger partial charge < -0.3 is 16.0 Å². The molecule has 0 saturated carbocycles. The largest absolute Gasteiger partial charge is 0.341 e. The number of benzene rings is 1. The van der Waals surface area contributed by atoms with Crippen LogP contribution in [0.2, 0.25) is 0 Å². The highest BCUT2D eigenvalue weighted by Gasteiger charge is 2.33. The second-order valence-electron chi connectivity index (χ2n) is 6.41. The first-order valence-electron chi connectivity index (χ1n) is 9.35. The van der Waals surface area contributed by atoms with Crippen LogP contribution in [0.5, 0.6) is 0 Å². The number of fused-ring (bicyclic) bond motifs is 1. The van der Waals surface area contributed by atoms with Crippen molar-refractivity contribution in [3.05, 3.63) is 58.3 Å². The number of carbonyl (C=O) groups is 4. The number of unbranched alkanes of at least 4 members (excludes halogenated alkanes) is 1. The lowest BCUT2D eigenvalue weighted by Crippen LogP contribution is -2.33. The molecule has 1 aromatic heterocycles. The predicted molar refractivity (Wildman–Crippen MR) is 114 cm³/mol. The number of para-hydroxylation sites is 1. The molecule has 30 heavy (non-hydrogen) atoms. The molecule has 0 aliphatic heterocycles. The lowest BCUT2D eigenvalue weighted by atomic mass is 9.99. The number of aromatic amines is 1. The first kappa shape index (κ1) is 21.3. The number of ketones is 2. The molecule has 3 rings (SSSR count). The molecule has 1 heterocycles. The zero-order valence-corrected chi connectivity index (χ0v) is 17.1. The van der Waals surface area contributed by atoms with E-state index in [4.69, 9.17) is 0 Å². The highest BCUT2D eigenvalue weighted by atomic mass is 32.2. The smallest absolute Gasteiger partial charge is 0.314 e. The van der Waals surface area contributed by atoms with Crippen LogP contribution in [0.1, 0.15) is 44.2 Å². The summed E-state index contributed by atoms with van der Waals surface area (Å²) in [4.78, 5) is 49.3. The lowest BCUT2D eigenvalue weighted by molar-refractivity contribution is 0.0979. The summed E-state index contributed by atoms with van der Waals surface area (Å²) in [7, 11) is 1.54. The van der Waals surface area contributed by atoms with Crippen LogP contribution in [0.15, 0.2) is 41.3 Å². The Labute approximate surface area is 177 Å². The average Bonchev–Trinajstić information content (AvgIpc) is 3.20. The van der Waals surface area contributed by atoms with E-state index in [1.807, 2.05) is 6.07 Å². The third-order valence-electron chi connectivity index (χ3n) is 4.31. The summed E-state index contributed by atoms with van der Waals surface area (Å²) in [5.74, 6) is -0.755. The maximum Gasteiger partial charge on any atom is 0.314 e. The van der Waals surface area contributed by atoms with E-state index in [2.05, 4.69) is 26.1 Å². The second-order valence-corrected chi connectivity index (χ2v) is 7.54. The number of rotatable bonds is 8. The minimum Gasteiger partial charge on any atom is -0.341 e. The highest BCUT2D eigenvalue weighted by molar-refractivity contribution is 8.04. The van der Waals surface area contributed by atoms with Gasteiger partial charge >= 0.3 is 6.03 Å². The maximum atomic E-state index is 12.9. The van der Waals surface area contributed by atoms with Gasteiger partial charge in [-0.3, -0.25) is 19.5 Å². The Morgan fingerprint density at radius 2 is 1.90 bits per heavy atom. The van der Waals surface area contributed by atoms with E-state index in [9.17, 15) is 19.2 Å². The number of H-pyrrole nitrogens is 1. The van der Waals surface area contributed by atoms with Crippen molar-refractivity contribution < 1.29 is 19.2 Å². The molecule has 156 valence electrons. The van der Waals surface area contributed by atoms with E-state index in [0.717, 1.165) is 12.8 Å². The van der Waals surface area contributed by atoms with E-state index in [0.29, 0.717) is 18.0 Å². The average molecular weight is 427 g/mol. The van der Waals surface area contributed by atoms with Gasteiger partial charge in [-0.2, -0.15) is 5.10 Å². The standard InChI is InChI=1S/C20H21N5O4S/c1-21-20(29)22-9-5-6-10-30-14-11-13(26)16-15(18(14)27)17(25-24-16)19(28)23-12-7-3-2-4-8-12/h2-4,7-8,11H,5-6,9-10H2,1H3,(H,23,28)(H,24,25)(H2,21,22,29). The number of urea groups is 1. The lowest BCUT2D eigenvalue weighted by Gasteiger charge is -2.12. The number of thioether (sulfide) groups is 1. The Morgan fingerprint density at radius 3 is 2.63 bits per heavy atom. The molecule has 0 atom stereocenters. The Hall–Kier alpha value is -3.40. The summed E-state index contributed by atoms with van der Waals surface area (Å²) in [6.07, 6.45) is 2.74. The van der Waals surface area contributed by atoms with Crippen molar-refractivity contribution in [2.75, 3.05) is 24.7 Å². The molecule has 0 saturated heterocycles. The molecule has 3 amide bonds. The normalized spacial score (nSPS) is 12.8. The van der Waals surface area contributed by atoms with Crippen molar-refractivity contribution in [1.29, 1.82) is 0 Å². The molecule has 0 unspecified atom stereocenters. The fourth-order valence-corrected chi connectivity index (χ4v) is 3.80. The Bertz CT molecular complexity index is 1000. The molecule has 1 aliphatic carbocycles. The molecule has 4 N–H and O–H groups in total. The Morgan fingerprint density at radius 1 is 1.13 bits per heavy atom. The van der Waals surface area contributed by atoms with Crippen molar-refractivity contribution in [2.45, 2.75) is 12.8 Å². The third kappa shape index (κ3) is 4.95. The van der Waals surface area contributed by atoms with Crippen LogP contribution in [0.4, 0.5) is 10.5 Å². The fraction of sp³-hybridized carbons (Fsp3) is 0.250. The number of anilines is 1. The zero-order chi connectivity index (χ0) is 21.5. The fourth-order valence-electron chi connectivity index (χ4n) is 2.80. The van der Waals surface area contributed by atoms with Gasteiger partial charge in [0.05, 0.1) is 10.5 Å². The molecule has 1 aliphatic rings. The minimum atomic E-state index is -0.539. The van der Waals surface area contributed by atoms with Gasteiger partial charge in [-0.15, -0.1) is 11.8 Å². The summed E-state index contributed by atoms with van der Waals surface area (Å²) in [6.45, 7) is 0.516. The molecule has 9 nitrogen and oxygen atoms in total. The van der Waals surface area contributed by atoms with Gasteiger partial charge in [-0.25, -0.2) is 4.79 Å². The van der Waals surface area contributed by atoms with Crippen LogP contribution in [0.3, 0.4) is 0 Å². The van der Waals surface area contributed by atoms with Crippen molar-refractivity contribution in [1.82, 2.24) is 20.8 Å². The SMILES string of the molecule is CNC(=O)NCCCCSC1=CC(=O)c2n[nH]c(C(=O)Nc3ccccc3)c2C1=O. The molecular formula is C20H21N5O4S. The quantitative estimate of drug-likeness (QED) is 0.478. The highest BCUT2D eigenvalue weighted by Crippen LogP contribution is 2.30. The summed E-state index contributed by atoms with van der Waals surface area (Å²) in [5.41, 5.74) is 0.487. The Balaban J connectivity index is 1.62. The number of nitrogens with zero attached hydrogens (tertiary/aromatic N) is 1. The second kappa shape index (κ2) is 9.88. The predicted octanol–water partition coefficient (Wildman–Crippen LogP) is 2.37. The van der Waals surface area contributed by atoms with Gasteiger partial charge in [0.1, 0.15) is 11.4 Å². The van der Waals surface area contributed by atoms with Crippen LogP contribution >= 0.6 is 11.8 Å². The maximum absolute atomic E-state index is 12.9. The molecule has 0 radical (unpaired) electrons. The number of amides is 3. The van der Waals surface area contributed by atoms with Crippen molar-refractivity contribution >= 4 is 41.0 Å². The van der Waals surface area contributed by atoms with Gasteiger partial charge in [0.25, 0.3) is 5.91 Å². The molecule has 10 heteroatoms. The molecule has 1 aromatic carbocycles. The number of hydrogen-bond donors (Lipinski definition) is 4. The van der Waals surface area contributed by atoms with Crippen LogP contribution in [0.25, 0.3) is 0 Å². The van der Waals surface area contributed by atoms with Gasteiger partial charge in [0.2, 0.25) is 11.6 Å². The van der Waals surface area contributed by atoms with Crippen LogP contribution in [-0.2, 0) is 0 Å². The Kier molecular flexibility index (Phi) is 7.02. The summed E-state index contributed by atoms with van der Waals surface area (Å²) in [6, 6.07) is 8.55. The topological polar surface area (TPSA) is 133 Å². The van der Waals surface area contributed by atoms with Gasteiger partial charge in [-0.05, 0) is 30.7 Å². The van der Waals surface area contributed by atoms with E-state index in [1.54, 1.807) is 31.3 Å². The summed E-state index contributed by atoms with van der Waals surface area (Å²) < 4.78 is 0. The third-order valence-corrected chi connectivity index (χ3v) is 5.42. The molecule has 2 aromatic rings. The van der Waals surface area contributed by atoms with Gasteiger partial charge in [0, 0.05) is 25.4 Å². The number of hydrogen-bond acceptors (Lipinski definition) is 6.